The van der Waals surface area contributed by atoms with E-state index in [0.717, 1.165) is 13.1 Å². The summed E-state index contributed by atoms with van der Waals surface area (Å²) in [5, 5.41) is 2.79. The van der Waals surface area contributed by atoms with Gasteiger partial charge in [0.1, 0.15) is 0 Å². The topological polar surface area (TPSA) is 32.3 Å². The van der Waals surface area contributed by atoms with Crippen molar-refractivity contribution in [2.75, 3.05) is 27.2 Å². The number of carbonyl (C=O) groups excluding carboxylic acids is 1. The quantitative estimate of drug-likeness (QED) is 0.722. The molecule has 0 bridgehead atoms. The Bertz CT molecular complexity index is 124. The summed E-state index contributed by atoms with van der Waals surface area (Å²) in [7, 11) is 3.94. The second-order valence-corrected chi connectivity index (χ2v) is 3.06. The van der Waals surface area contributed by atoms with Crippen LogP contribution >= 0.6 is 0 Å². The molecule has 0 saturated heterocycles. The molecular weight excluding hydrogens is 164 g/mol. The van der Waals surface area contributed by atoms with Crippen molar-refractivity contribution >= 4 is 5.91 Å². The maximum atomic E-state index is 11.1. The van der Waals surface area contributed by atoms with Gasteiger partial charge in [0.05, 0.1) is 0 Å². The summed E-state index contributed by atoms with van der Waals surface area (Å²) in [6.45, 7) is 9.40. The lowest BCUT2D eigenvalue weighted by Crippen LogP contribution is -2.34. The van der Waals surface area contributed by atoms with Crippen LogP contribution in [0.5, 0.6) is 0 Å². The van der Waals surface area contributed by atoms with Crippen LogP contribution in [0, 0.1) is 5.92 Å². The van der Waals surface area contributed by atoms with E-state index in [4.69, 9.17) is 0 Å². The average Bonchev–Trinajstić information content (AvgIpc) is 2.07. The van der Waals surface area contributed by atoms with Crippen molar-refractivity contribution in [1.82, 2.24) is 10.2 Å². The molecule has 3 nitrogen and oxygen atoms in total. The third-order valence-electron chi connectivity index (χ3n) is 1.44. The molecule has 3 heteroatoms. The second-order valence-electron chi connectivity index (χ2n) is 3.06. The molecule has 0 fully saturated rings. The molecule has 0 aliphatic rings. The fraction of sp³-hybridized carbons (Fsp3) is 0.900. The van der Waals surface area contributed by atoms with Crippen molar-refractivity contribution in [3.05, 3.63) is 0 Å². The number of amides is 1. The summed E-state index contributed by atoms with van der Waals surface area (Å²) in [5.74, 6) is 0.228. The fourth-order valence-corrected chi connectivity index (χ4v) is 0.979. The fourth-order valence-electron chi connectivity index (χ4n) is 0.979. The third kappa shape index (κ3) is 9.34. The Kier molecular flexibility index (Phi) is 10.9. The zero-order chi connectivity index (χ0) is 10.9. The van der Waals surface area contributed by atoms with Gasteiger partial charge >= 0.3 is 0 Å². The first kappa shape index (κ1) is 14.9. The maximum Gasteiger partial charge on any atom is 0.224 e. The molecule has 0 aromatic heterocycles. The molecule has 0 aliphatic carbocycles. The highest BCUT2D eigenvalue weighted by Gasteiger charge is 2.11. The monoisotopic (exact) mass is 188 g/mol. The zero-order valence-corrected chi connectivity index (χ0v) is 9.85. The van der Waals surface area contributed by atoms with Crippen molar-refractivity contribution in [2.45, 2.75) is 27.7 Å². The van der Waals surface area contributed by atoms with Crippen LogP contribution in [-0.4, -0.2) is 38.0 Å². The molecule has 0 aliphatic heterocycles. The summed E-state index contributed by atoms with van der Waals surface area (Å²) in [4.78, 5) is 13.2. The molecule has 13 heavy (non-hydrogen) atoms. The van der Waals surface area contributed by atoms with E-state index in [0.29, 0.717) is 0 Å². The van der Waals surface area contributed by atoms with Gasteiger partial charge in [0.2, 0.25) is 5.91 Å². The largest absolute Gasteiger partial charge is 0.356 e. The van der Waals surface area contributed by atoms with Crippen molar-refractivity contribution in [1.29, 1.82) is 0 Å². The highest BCUT2D eigenvalue weighted by molar-refractivity contribution is 5.78. The Labute approximate surface area is 82.5 Å². The van der Waals surface area contributed by atoms with Crippen LogP contribution in [-0.2, 0) is 4.79 Å². The highest BCUT2D eigenvalue weighted by Crippen LogP contribution is 1.95. The molecular formula is C10H24N2O. The lowest BCUT2D eigenvalue weighted by Gasteiger charge is -2.15. The number of nitrogens with zero attached hydrogens (tertiary/aromatic N) is 1. The van der Waals surface area contributed by atoms with Crippen molar-refractivity contribution in [3.63, 3.8) is 0 Å². The van der Waals surface area contributed by atoms with Crippen molar-refractivity contribution in [3.8, 4) is 0 Å². The highest BCUT2D eigenvalue weighted by atomic mass is 16.1. The van der Waals surface area contributed by atoms with Crippen LogP contribution in [0.25, 0.3) is 0 Å². The second kappa shape index (κ2) is 9.52. The third-order valence-corrected chi connectivity index (χ3v) is 1.44. The SMILES string of the molecule is CC.CCNC(=O)C(C)CN(C)C. The average molecular weight is 188 g/mol. The number of hydrogen-bond acceptors (Lipinski definition) is 2. The van der Waals surface area contributed by atoms with Crippen LogP contribution < -0.4 is 5.32 Å². The van der Waals surface area contributed by atoms with E-state index in [-0.39, 0.29) is 11.8 Å². The summed E-state index contributed by atoms with van der Waals surface area (Å²) in [5.41, 5.74) is 0. The van der Waals surface area contributed by atoms with Crippen LogP contribution in [0.3, 0.4) is 0 Å². The van der Waals surface area contributed by atoms with Crippen LogP contribution in [0.4, 0.5) is 0 Å². The van der Waals surface area contributed by atoms with E-state index in [2.05, 4.69) is 5.32 Å². The van der Waals surface area contributed by atoms with Crippen LogP contribution in [0.15, 0.2) is 0 Å². The lowest BCUT2D eigenvalue weighted by atomic mass is 10.1. The van der Waals surface area contributed by atoms with Gasteiger partial charge in [0.15, 0.2) is 0 Å². The standard InChI is InChI=1S/C8H18N2O.C2H6/c1-5-9-8(11)7(2)6-10(3)4;1-2/h7H,5-6H2,1-4H3,(H,9,11);1-2H3. The van der Waals surface area contributed by atoms with E-state index in [1.807, 2.05) is 46.7 Å². The Hall–Kier alpha value is -0.570. The number of nitrogens with one attached hydrogen (secondary N) is 1. The number of hydrogen-bond donors (Lipinski definition) is 1. The summed E-state index contributed by atoms with van der Waals surface area (Å²) in [6, 6.07) is 0. The summed E-state index contributed by atoms with van der Waals surface area (Å²) < 4.78 is 0. The van der Waals surface area contributed by atoms with E-state index < -0.39 is 0 Å². The molecule has 0 radical (unpaired) electrons. The van der Waals surface area contributed by atoms with Crippen molar-refractivity contribution in [2.24, 2.45) is 5.92 Å². The minimum atomic E-state index is 0.0879. The van der Waals surface area contributed by atoms with Gasteiger partial charge in [-0.1, -0.05) is 20.8 Å². The van der Waals surface area contributed by atoms with Gasteiger partial charge in [-0.05, 0) is 21.0 Å². The maximum absolute atomic E-state index is 11.1. The molecule has 80 valence electrons. The molecule has 0 aromatic carbocycles. The number of rotatable bonds is 4. The number of carbonyl (C=O) groups is 1. The smallest absolute Gasteiger partial charge is 0.224 e. The predicted octanol–water partition coefficient (Wildman–Crippen LogP) is 1.35. The molecule has 0 saturated carbocycles. The Morgan fingerprint density at radius 2 is 1.85 bits per heavy atom. The molecule has 0 aromatic rings. The molecule has 0 heterocycles. The van der Waals surface area contributed by atoms with E-state index in [1.54, 1.807) is 0 Å². The zero-order valence-electron chi connectivity index (χ0n) is 9.85. The minimum absolute atomic E-state index is 0.0879. The van der Waals surface area contributed by atoms with E-state index >= 15 is 0 Å². The Balaban J connectivity index is 0. The molecule has 0 spiro atoms. The van der Waals surface area contributed by atoms with Crippen LogP contribution in [0.2, 0.25) is 0 Å². The molecule has 1 atom stereocenters. The first-order valence-corrected chi connectivity index (χ1v) is 5.00. The normalized spacial score (nSPS) is 11.6. The Morgan fingerprint density at radius 1 is 1.38 bits per heavy atom. The van der Waals surface area contributed by atoms with Crippen LogP contribution in [0.1, 0.15) is 27.7 Å². The van der Waals surface area contributed by atoms with Gasteiger partial charge in [-0.2, -0.15) is 0 Å². The molecule has 0 rings (SSSR count). The first-order chi connectivity index (χ1) is 6.07. The molecule has 1 unspecified atom stereocenters. The predicted molar refractivity (Wildman–Crippen MR) is 57.7 cm³/mol. The van der Waals surface area contributed by atoms with E-state index in [1.165, 1.54) is 0 Å². The first-order valence-electron chi connectivity index (χ1n) is 5.00. The lowest BCUT2D eigenvalue weighted by molar-refractivity contribution is -0.124. The van der Waals surface area contributed by atoms with E-state index in [9.17, 15) is 4.79 Å². The van der Waals surface area contributed by atoms with Gasteiger partial charge in [0.25, 0.3) is 0 Å². The molecule has 1 N–H and O–H groups in total. The van der Waals surface area contributed by atoms with Gasteiger partial charge in [-0.15, -0.1) is 0 Å². The van der Waals surface area contributed by atoms with Gasteiger partial charge in [0, 0.05) is 19.0 Å². The van der Waals surface area contributed by atoms with Gasteiger partial charge in [-0.3, -0.25) is 4.79 Å². The molecule has 1 amide bonds. The Morgan fingerprint density at radius 3 is 2.15 bits per heavy atom. The summed E-state index contributed by atoms with van der Waals surface area (Å²) >= 11 is 0. The summed E-state index contributed by atoms with van der Waals surface area (Å²) in [6.07, 6.45) is 0. The van der Waals surface area contributed by atoms with Gasteiger partial charge < -0.3 is 10.2 Å². The minimum Gasteiger partial charge on any atom is -0.356 e. The van der Waals surface area contributed by atoms with Gasteiger partial charge in [-0.25, -0.2) is 0 Å². The van der Waals surface area contributed by atoms with Crippen molar-refractivity contribution < 1.29 is 4.79 Å².